The molecule has 0 radical (unpaired) electrons. The van der Waals surface area contributed by atoms with Gasteiger partial charge in [-0.05, 0) is 38.1 Å². The van der Waals surface area contributed by atoms with Gasteiger partial charge in [0.05, 0.1) is 22.9 Å². The number of nitrogens with two attached hydrogens (primary N) is 2. The molecule has 0 atom stereocenters. The SMILES string of the molecule is CC(C)N(C(=O)ON(N)c1ccccc1N)N1C(=O)c2ccccc2C1=O. The van der Waals surface area contributed by atoms with E-state index < -0.39 is 23.9 Å². The Labute approximate surface area is 155 Å². The topological polar surface area (TPSA) is 122 Å². The van der Waals surface area contributed by atoms with Crippen LogP contribution in [0.2, 0.25) is 0 Å². The van der Waals surface area contributed by atoms with Crippen LogP contribution < -0.4 is 16.7 Å². The summed E-state index contributed by atoms with van der Waals surface area (Å²) < 4.78 is 0. The first-order valence-electron chi connectivity index (χ1n) is 8.21. The van der Waals surface area contributed by atoms with Gasteiger partial charge in [-0.1, -0.05) is 24.3 Å². The zero-order valence-electron chi connectivity index (χ0n) is 14.8. The van der Waals surface area contributed by atoms with Gasteiger partial charge in [0.25, 0.3) is 11.8 Å². The van der Waals surface area contributed by atoms with Crippen molar-refractivity contribution in [1.29, 1.82) is 0 Å². The molecule has 0 aromatic heterocycles. The Morgan fingerprint density at radius 2 is 1.52 bits per heavy atom. The van der Waals surface area contributed by atoms with Crippen LogP contribution in [0.25, 0.3) is 0 Å². The lowest BCUT2D eigenvalue weighted by molar-refractivity contribution is -0.0179. The molecule has 2 aromatic carbocycles. The van der Waals surface area contributed by atoms with E-state index in [0.717, 1.165) is 10.0 Å². The summed E-state index contributed by atoms with van der Waals surface area (Å²) in [5.41, 5.74) is 6.81. The van der Waals surface area contributed by atoms with Crippen LogP contribution >= 0.6 is 0 Å². The average Bonchev–Trinajstić information content (AvgIpc) is 2.87. The Bertz CT molecular complexity index is 879. The Hall–Kier alpha value is -3.59. The van der Waals surface area contributed by atoms with Gasteiger partial charge in [-0.3, -0.25) is 9.59 Å². The fourth-order valence-electron chi connectivity index (χ4n) is 2.76. The number of fused-ring (bicyclic) bond motifs is 1. The first-order valence-corrected chi connectivity index (χ1v) is 8.21. The molecule has 3 amide bonds. The van der Waals surface area contributed by atoms with Crippen molar-refractivity contribution in [1.82, 2.24) is 10.0 Å². The number of hydrogen-bond donors (Lipinski definition) is 2. The minimum atomic E-state index is -0.995. The van der Waals surface area contributed by atoms with Gasteiger partial charge >= 0.3 is 6.09 Å². The summed E-state index contributed by atoms with van der Waals surface area (Å²) >= 11 is 0. The van der Waals surface area contributed by atoms with E-state index in [2.05, 4.69) is 0 Å². The number of benzene rings is 2. The van der Waals surface area contributed by atoms with E-state index >= 15 is 0 Å². The van der Waals surface area contributed by atoms with Crippen LogP contribution in [0.5, 0.6) is 0 Å². The predicted octanol–water partition coefficient (Wildman–Crippen LogP) is 1.92. The smallest absolute Gasteiger partial charge is 0.397 e. The minimum absolute atomic E-state index is 0.220. The van der Waals surface area contributed by atoms with Gasteiger partial charge in [0, 0.05) is 0 Å². The second kappa shape index (κ2) is 6.96. The summed E-state index contributed by atoms with van der Waals surface area (Å²) in [6.45, 7) is 3.28. The van der Waals surface area contributed by atoms with Crippen LogP contribution in [0, 0.1) is 0 Å². The zero-order chi connectivity index (χ0) is 19.7. The molecule has 27 heavy (non-hydrogen) atoms. The first kappa shape index (κ1) is 18.2. The molecule has 1 heterocycles. The molecular weight excluding hydrogens is 350 g/mol. The Morgan fingerprint density at radius 3 is 2.04 bits per heavy atom. The molecule has 2 aromatic rings. The standard InChI is InChI=1S/C18H19N5O4/c1-11(2)21(18(26)27-23(20)15-10-6-5-9-14(15)19)22-16(24)12-7-3-4-8-13(12)17(22)25/h3-11H,19-20H2,1-2H3. The number of carbonyl (C=O) groups is 3. The summed E-state index contributed by atoms with van der Waals surface area (Å²) in [7, 11) is 0. The molecule has 0 aliphatic carbocycles. The van der Waals surface area contributed by atoms with Crippen molar-refractivity contribution in [2.75, 3.05) is 10.9 Å². The number of carbonyl (C=O) groups excluding carboxylic acids is 3. The van der Waals surface area contributed by atoms with E-state index in [0.29, 0.717) is 10.9 Å². The Balaban J connectivity index is 1.86. The molecule has 0 bridgehead atoms. The molecule has 9 nitrogen and oxygen atoms in total. The van der Waals surface area contributed by atoms with Gasteiger partial charge in [0.15, 0.2) is 0 Å². The van der Waals surface area contributed by atoms with Crippen LogP contribution in [0.15, 0.2) is 48.5 Å². The van der Waals surface area contributed by atoms with Crippen molar-refractivity contribution >= 4 is 29.3 Å². The summed E-state index contributed by atoms with van der Waals surface area (Å²) in [4.78, 5) is 43.1. The Kier molecular flexibility index (Phi) is 4.70. The van der Waals surface area contributed by atoms with Gasteiger partial charge in [0.1, 0.15) is 5.69 Å². The van der Waals surface area contributed by atoms with Gasteiger partial charge in [0.2, 0.25) is 0 Å². The number of nitrogen functional groups attached to an aromatic ring is 1. The third-order valence-electron chi connectivity index (χ3n) is 4.01. The Morgan fingerprint density at radius 1 is 1.00 bits per heavy atom. The van der Waals surface area contributed by atoms with E-state index in [1.165, 1.54) is 12.1 Å². The molecule has 0 unspecified atom stereocenters. The number of imide groups is 1. The van der Waals surface area contributed by atoms with Crippen LogP contribution in [0.3, 0.4) is 0 Å². The highest BCUT2D eigenvalue weighted by atomic mass is 16.7. The third kappa shape index (κ3) is 3.15. The number of hydrazine groups is 2. The van der Waals surface area contributed by atoms with Gasteiger partial charge in [-0.15, -0.1) is 5.17 Å². The van der Waals surface area contributed by atoms with E-state index in [9.17, 15) is 14.4 Å². The van der Waals surface area contributed by atoms with Crippen molar-refractivity contribution < 1.29 is 19.2 Å². The minimum Gasteiger partial charge on any atom is -0.397 e. The first-order chi connectivity index (χ1) is 12.8. The number of hydrogen-bond acceptors (Lipinski definition) is 7. The lowest BCUT2D eigenvalue weighted by Crippen LogP contribution is -2.55. The van der Waals surface area contributed by atoms with Crippen molar-refractivity contribution in [3.63, 3.8) is 0 Å². The molecular formula is C18H19N5O4. The highest BCUT2D eigenvalue weighted by molar-refractivity contribution is 6.21. The highest BCUT2D eigenvalue weighted by Crippen LogP contribution is 2.26. The van der Waals surface area contributed by atoms with E-state index in [1.54, 1.807) is 50.2 Å². The molecule has 3 rings (SSSR count). The van der Waals surface area contributed by atoms with E-state index in [-0.39, 0.29) is 16.8 Å². The molecule has 1 aliphatic heterocycles. The highest BCUT2D eigenvalue weighted by Gasteiger charge is 2.43. The third-order valence-corrected chi connectivity index (χ3v) is 4.01. The van der Waals surface area contributed by atoms with Gasteiger partial charge in [-0.25, -0.2) is 15.6 Å². The fraction of sp³-hybridized carbons (Fsp3) is 0.167. The predicted molar refractivity (Wildman–Crippen MR) is 97.9 cm³/mol. The monoisotopic (exact) mass is 369 g/mol. The normalized spacial score (nSPS) is 13.0. The zero-order valence-corrected chi connectivity index (χ0v) is 14.8. The van der Waals surface area contributed by atoms with E-state index in [1.807, 2.05) is 0 Å². The summed E-state index contributed by atoms with van der Waals surface area (Å²) in [5, 5.41) is 2.38. The van der Waals surface area contributed by atoms with Crippen molar-refractivity contribution in [3.05, 3.63) is 59.7 Å². The molecule has 1 aliphatic rings. The molecule has 9 heteroatoms. The molecule has 4 N–H and O–H groups in total. The average molecular weight is 369 g/mol. The maximum atomic E-state index is 12.7. The van der Waals surface area contributed by atoms with Gasteiger partial charge < -0.3 is 10.6 Å². The number of rotatable bonds is 4. The number of para-hydroxylation sites is 2. The van der Waals surface area contributed by atoms with E-state index in [4.69, 9.17) is 16.4 Å². The largest absolute Gasteiger partial charge is 0.455 e. The quantitative estimate of drug-likeness (QED) is 0.365. The fourth-order valence-corrected chi connectivity index (χ4v) is 2.76. The van der Waals surface area contributed by atoms with Gasteiger partial charge in [-0.2, -0.15) is 5.01 Å². The molecule has 0 fully saturated rings. The second-order valence-corrected chi connectivity index (χ2v) is 6.15. The molecule has 0 spiro atoms. The lowest BCUT2D eigenvalue weighted by Gasteiger charge is -2.33. The lowest BCUT2D eigenvalue weighted by atomic mass is 10.1. The summed E-state index contributed by atoms with van der Waals surface area (Å²) in [6, 6.07) is 12.3. The van der Waals surface area contributed by atoms with Crippen LogP contribution in [-0.4, -0.2) is 34.0 Å². The molecule has 0 saturated heterocycles. The van der Waals surface area contributed by atoms with Crippen molar-refractivity contribution in [2.45, 2.75) is 19.9 Å². The summed E-state index contributed by atoms with van der Waals surface area (Å²) in [5.74, 6) is 4.57. The second-order valence-electron chi connectivity index (χ2n) is 6.15. The maximum absolute atomic E-state index is 12.7. The number of anilines is 2. The van der Waals surface area contributed by atoms with Crippen LogP contribution in [0.4, 0.5) is 16.2 Å². The summed E-state index contributed by atoms with van der Waals surface area (Å²) in [6.07, 6.45) is -0.995. The molecule has 140 valence electrons. The van der Waals surface area contributed by atoms with Crippen molar-refractivity contribution in [2.24, 2.45) is 5.84 Å². The number of nitrogens with zero attached hydrogens (tertiary/aromatic N) is 3. The van der Waals surface area contributed by atoms with Crippen LogP contribution in [-0.2, 0) is 4.84 Å². The maximum Gasteiger partial charge on any atom is 0.455 e. The van der Waals surface area contributed by atoms with Crippen LogP contribution in [0.1, 0.15) is 34.6 Å². The number of amides is 3. The van der Waals surface area contributed by atoms with Crippen molar-refractivity contribution in [3.8, 4) is 0 Å². The molecule has 0 saturated carbocycles.